The lowest BCUT2D eigenvalue weighted by Gasteiger charge is -2.15. The molecule has 1 atom stereocenters. The molecule has 2 aromatic rings. The Labute approximate surface area is 126 Å². The molecule has 0 aliphatic carbocycles. The minimum absolute atomic E-state index is 0.431. The van der Waals surface area contributed by atoms with Gasteiger partial charge in [0, 0.05) is 15.4 Å². The molecule has 0 aliphatic heterocycles. The zero-order chi connectivity index (χ0) is 13.0. The molecule has 0 radical (unpaired) electrons. The van der Waals surface area contributed by atoms with Gasteiger partial charge in [-0.2, -0.15) is 0 Å². The van der Waals surface area contributed by atoms with Crippen LogP contribution in [-0.4, -0.2) is 5.33 Å². The Morgan fingerprint density at radius 1 is 0.944 bits per heavy atom. The normalized spacial score (nSPS) is 12.4. The van der Waals surface area contributed by atoms with Gasteiger partial charge in [-0.3, -0.25) is 0 Å². The van der Waals surface area contributed by atoms with Crippen molar-refractivity contribution in [1.29, 1.82) is 0 Å². The molecule has 0 amide bonds. The second-order valence-corrected chi connectivity index (χ2v) is 5.76. The van der Waals surface area contributed by atoms with Crippen LogP contribution in [0.15, 0.2) is 48.5 Å². The van der Waals surface area contributed by atoms with E-state index in [0.717, 1.165) is 21.8 Å². The van der Waals surface area contributed by atoms with Gasteiger partial charge in [0.1, 0.15) is 0 Å². The van der Waals surface area contributed by atoms with Crippen molar-refractivity contribution in [3.8, 4) is 0 Å². The van der Waals surface area contributed by atoms with E-state index in [-0.39, 0.29) is 0 Å². The third-order valence-electron chi connectivity index (χ3n) is 2.90. The van der Waals surface area contributed by atoms with E-state index in [1.807, 2.05) is 30.3 Å². The summed E-state index contributed by atoms with van der Waals surface area (Å²) in [6.07, 6.45) is 0.966. The number of halogens is 3. The molecule has 0 aromatic heterocycles. The number of benzene rings is 2. The van der Waals surface area contributed by atoms with Crippen LogP contribution in [-0.2, 0) is 6.42 Å². The fourth-order valence-electron chi connectivity index (χ4n) is 1.94. The lowest BCUT2D eigenvalue weighted by atomic mass is 9.94. The van der Waals surface area contributed by atoms with Crippen LogP contribution in [0.25, 0.3) is 0 Å². The monoisotopic (exact) mass is 342 g/mol. The molecule has 0 bridgehead atoms. The van der Waals surface area contributed by atoms with E-state index in [1.54, 1.807) is 0 Å². The quantitative estimate of drug-likeness (QED) is 0.623. The maximum atomic E-state index is 6.01. The predicted molar refractivity (Wildman–Crippen MR) is 83.1 cm³/mol. The largest absolute Gasteiger partial charge is 0.0921 e. The number of hydrogen-bond acceptors (Lipinski definition) is 0. The van der Waals surface area contributed by atoms with Gasteiger partial charge < -0.3 is 0 Å². The van der Waals surface area contributed by atoms with E-state index in [9.17, 15) is 0 Å². The molecule has 0 saturated heterocycles. The number of alkyl halides is 1. The van der Waals surface area contributed by atoms with Crippen LogP contribution >= 0.6 is 39.1 Å². The van der Waals surface area contributed by atoms with Gasteiger partial charge in [-0.25, -0.2) is 0 Å². The van der Waals surface area contributed by atoms with Crippen molar-refractivity contribution in [2.24, 2.45) is 0 Å². The van der Waals surface area contributed by atoms with Crippen molar-refractivity contribution < 1.29 is 0 Å². The molecule has 2 rings (SSSR count). The van der Waals surface area contributed by atoms with E-state index in [1.165, 1.54) is 11.1 Å². The first-order chi connectivity index (χ1) is 8.69. The number of hydrogen-bond donors (Lipinski definition) is 0. The Kier molecular flexibility index (Phi) is 5.11. The fourth-order valence-corrected chi connectivity index (χ4v) is 2.89. The summed E-state index contributed by atoms with van der Waals surface area (Å²) >= 11 is 15.5. The molecule has 2 aromatic carbocycles. The topological polar surface area (TPSA) is 0 Å². The molecule has 0 saturated carbocycles. The van der Waals surface area contributed by atoms with Crippen LogP contribution in [0, 0.1) is 0 Å². The van der Waals surface area contributed by atoms with Crippen LogP contribution in [0.4, 0.5) is 0 Å². The molecule has 3 heteroatoms. The number of rotatable bonds is 4. The molecular formula is C15H13BrCl2. The molecule has 18 heavy (non-hydrogen) atoms. The first-order valence-electron chi connectivity index (χ1n) is 5.75. The maximum absolute atomic E-state index is 6.01. The van der Waals surface area contributed by atoms with Crippen LogP contribution < -0.4 is 0 Å². The van der Waals surface area contributed by atoms with Gasteiger partial charge in [0.25, 0.3) is 0 Å². The minimum Gasteiger partial charge on any atom is -0.0921 e. The summed E-state index contributed by atoms with van der Waals surface area (Å²) in [5.74, 6) is 0.431. The summed E-state index contributed by atoms with van der Waals surface area (Å²) in [5.41, 5.74) is 2.54. The second-order valence-electron chi connectivity index (χ2n) is 4.24. The van der Waals surface area contributed by atoms with Gasteiger partial charge in [0.15, 0.2) is 0 Å². The first kappa shape index (κ1) is 13.9. The third-order valence-corrected chi connectivity index (χ3v) is 4.17. The van der Waals surface area contributed by atoms with Gasteiger partial charge in [0.05, 0.1) is 0 Å². The third kappa shape index (κ3) is 3.74. The van der Waals surface area contributed by atoms with Gasteiger partial charge >= 0.3 is 0 Å². The van der Waals surface area contributed by atoms with Crippen molar-refractivity contribution in [3.05, 3.63) is 69.7 Å². The highest BCUT2D eigenvalue weighted by Crippen LogP contribution is 2.25. The fraction of sp³-hybridized carbons (Fsp3) is 0.200. The maximum Gasteiger partial charge on any atom is 0.0408 e. The molecule has 0 spiro atoms. The van der Waals surface area contributed by atoms with Gasteiger partial charge in [-0.1, -0.05) is 63.4 Å². The molecule has 0 heterocycles. The zero-order valence-electron chi connectivity index (χ0n) is 9.74. The highest BCUT2D eigenvalue weighted by Gasteiger charge is 2.11. The smallest absolute Gasteiger partial charge is 0.0408 e. The summed E-state index contributed by atoms with van der Waals surface area (Å²) in [5, 5.41) is 2.48. The van der Waals surface area contributed by atoms with Crippen LogP contribution in [0.5, 0.6) is 0 Å². The van der Waals surface area contributed by atoms with Crippen LogP contribution in [0.1, 0.15) is 17.0 Å². The van der Waals surface area contributed by atoms with Crippen LogP contribution in [0.2, 0.25) is 10.0 Å². The highest BCUT2D eigenvalue weighted by molar-refractivity contribution is 9.09. The molecule has 0 N–H and O–H groups in total. The van der Waals surface area contributed by atoms with E-state index < -0.39 is 0 Å². The summed E-state index contributed by atoms with van der Waals surface area (Å²) in [6, 6.07) is 16.1. The van der Waals surface area contributed by atoms with Crippen LogP contribution in [0.3, 0.4) is 0 Å². The van der Waals surface area contributed by atoms with Gasteiger partial charge in [-0.15, -0.1) is 0 Å². The predicted octanol–water partition coefficient (Wildman–Crippen LogP) is 5.71. The Morgan fingerprint density at radius 2 is 1.67 bits per heavy atom. The lowest BCUT2D eigenvalue weighted by molar-refractivity contribution is 0.776. The first-order valence-corrected chi connectivity index (χ1v) is 7.62. The van der Waals surface area contributed by atoms with E-state index >= 15 is 0 Å². The van der Waals surface area contributed by atoms with Crippen molar-refractivity contribution in [1.82, 2.24) is 0 Å². The summed E-state index contributed by atoms with van der Waals surface area (Å²) in [6.45, 7) is 0. The van der Waals surface area contributed by atoms with Crippen molar-refractivity contribution in [2.75, 3.05) is 5.33 Å². The summed E-state index contributed by atoms with van der Waals surface area (Å²) < 4.78 is 0. The van der Waals surface area contributed by atoms with Crippen molar-refractivity contribution in [2.45, 2.75) is 12.3 Å². The van der Waals surface area contributed by atoms with E-state index in [4.69, 9.17) is 23.2 Å². The van der Waals surface area contributed by atoms with Crippen molar-refractivity contribution in [3.63, 3.8) is 0 Å². The Hall–Kier alpha value is -0.500. The lowest BCUT2D eigenvalue weighted by Crippen LogP contribution is -2.04. The average Bonchev–Trinajstić information content (AvgIpc) is 2.37. The summed E-state index contributed by atoms with van der Waals surface area (Å²) in [7, 11) is 0. The molecule has 0 aliphatic rings. The highest BCUT2D eigenvalue weighted by atomic mass is 79.9. The Morgan fingerprint density at radius 3 is 2.28 bits per heavy atom. The summed E-state index contributed by atoms with van der Waals surface area (Å²) in [4.78, 5) is 0. The van der Waals surface area contributed by atoms with Gasteiger partial charge in [-0.05, 0) is 47.7 Å². The minimum atomic E-state index is 0.431. The van der Waals surface area contributed by atoms with E-state index in [0.29, 0.717) is 5.92 Å². The SMILES string of the molecule is Clc1ccc(C(CBr)Cc2cccc(Cl)c2)cc1. The zero-order valence-corrected chi connectivity index (χ0v) is 12.8. The molecular weight excluding hydrogens is 331 g/mol. The molecule has 1 unspecified atom stereocenters. The molecule has 94 valence electrons. The Bertz CT molecular complexity index is 508. The Balaban J connectivity index is 2.17. The van der Waals surface area contributed by atoms with Gasteiger partial charge in [0.2, 0.25) is 0 Å². The second kappa shape index (κ2) is 6.60. The molecule has 0 nitrogen and oxygen atoms in total. The van der Waals surface area contributed by atoms with Crippen molar-refractivity contribution >= 4 is 39.1 Å². The van der Waals surface area contributed by atoms with E-state index in [2.05, 4.69) is 34.1 Å². The standard InChI is InChI=1S/C15H13BrCl2/c16-10-13(12-4-6-14(17)7-5-12)8-11-2-1-3-15(18)9-11/h1-7,9,13H,8,10H2. The molecule has 0 fully saturated rings. The average molecular weight is 344 g/mol.